The molecule has 4 aromatic rings. The van der Waals surface area contributed by atoms with E-state index in [9.17, 15) is 4.79 Å². The van der Waals surface area contributed by atoms with Gasteiger partial charge in [0.15, 0.2) is 11.5 Å². The van der Waals surface area contributed by atoms with Crippen LogP contribution in [0, 0.1) is 6.92 Å². The molecule has 162 valence electrons. The fourth-order valence-electron chi connectivity index (χ4n) is 3.88. The van der Waals surface area contributed by atoms with Gasteiger partial charge in [-0.2, -0.15) is 0 Å². The SMILES string of the molecule is COc1ccccc1Oc1c(C)oc2c3c(ccc2c1=O)OCN(Cc1ccncc1)C3. The zero-order chi connectivity index (χ0) is 22.1. The highest BCUT2D eigenvalue weighted by Crippen LogP contribution is 2.36. The number of rotatable bonds is 5. The van der Waals surface area contributed by atoms with Gasteiger partial charge < -0.3 is 18.6 Å². The molecule has 0 unspecified atom stereocenters. The fraction of sp³-hybridized carbons (Fsp3) is 0.200. The normalized spacial score (nSPS) is 13.4. The molecular weight excluding hydrogens is 408 g/mol. The van der Waals surface area contributed by atoms with Crippen LogP contribution < -0.4 is 19.6 Å². The molecule has 0 fully saturated rings. The van der Waals surface area contributed by atoms with Gasteiger partial charge in [-0.15, -0.1) is 0 Å². The molecule has 0 bridgehead atoms. The highest BCUT2D eigenvalue weighted by Gasteiger charge is 2.24. The second kappa shape index (κ2) is 8.36. The average molecular weight is 430 g/mol. The summed E-state index contributed by atoms with van der Waals surface area (Å²) in [4.78, 5) is 19.5. The van der Waals surface area contributed by atoms with E-state index in [0.29, 0.717) is 48.0 Å². The Morgan fingerprint density at radius 1 is 1.06 bits per heavy atom. The highest BCUT2D eigenvalue weighted by atomic mass is 16.5. The molecule has 0 amide bonds. The first kappa shape index (κ1) is 20.1. The number of pyridine rings is 1. The first-order chi connectivity index (χ1) is 15.6. The lowest BCUT2D eigenvalue weighted by molar-refractivity contribution is 0.0889. The summed E-state index contributed by atoms with van der Waals surface area (Å²) >= 11 is 0. The Kier molecular flexibility index (Phi) is 5.25. The van der Waals surface area contributed by atoms with Crippen LogP contribution in [0.4, 0.5) is 0 Å². The van der Waals surface area contributed by atoms with Gasteiger partial charge in [-0.25, -0.2) is 0 Å². The van der Waals surface area contributed by atoms with Crippen LogP contribution in [0.15, 0.2) is 70.1 Å². The molecule has 0 spiro atoms. The first-order valence-electron chi connectivity index (χ1n) is 10.3. The van der Waals surface area contributed by atoms with E-state index in [1.54, 1.807) is 44.6 Å². The topological polar surface area (TPSA) is 74.0 Å². The minimum absolute atomic E-state index is 0.146. The maximum absolute atomic E-state index is 13.3. The van der Waals surface area contributed by atoms with E-state index in [-0.39, 0.29) is 11.2 Å². The van der Waals surface area contributed by atoms with Crippen molar-refractivity contribution in [2.24, 2.45) is 0 Å². The Morgan fingerprint density at radius 2 is 1.84 bits per heavy atom. The van der Waals surface area contributed by atoms with Gasteiger partial charge in [0.2, 0.25) is 11.2 Å². The molecule has 3 heterocycles. The molecule has 0 aliphatic carbocycles. The van der Waals surface area contributed by atoms with Crippen LogP contribution in [0.25, 0.3) is 11.0 Å². The summed E-state index contributed by atoms with van der Waals surface area (Å²) in [5.74, 6) is 2.26. The van der Waals surface area contributed by atoms with Crippen molar-refractivity contribution in [3.63, 3.8) is 0 Å². The monoisotopic (exact) mass is 430 g/mol. The Morgan fingerprint density at radius 3 is 2.62 bits per heavy atom. The number of aryl methyl sites for hydroxylation is 1. The summed E-state index contributed by atoms with van der Waals surface area (Å²) in [5, 5.41) is 0.452. The predicted octanol–water partition coefficient (Wildman–Crippen LogP) is 4.65. The number of para-hydroxylation sites is 2. The van der Waals surface area contributed by atoms with Crippen LogP contribution in [-0.2, 0) is 13.1 Å². The number of benzene rings is 2. The van der Waals surface area contributed by atoms with Crippen molar-refractivity contribution in [2.75, 3.05) is 13.8 Å². The molecule has 0 N–H and O–H groups in total. The Hall–Kier alpha value is -3.84. The quantitative estimate of drug-likeness (QED) is 0.456. The lowest BCUT2D eigenvalue weighted by Crippen LogP contribution is -2.31. The van der Waals surface area contributed by atoms with E-state index in [4.69, 9.17) is 18.6 Å². The molecule has 0 saturated carbocycles. The maximum atomic E-state index is 13.3. The summed E-state index contributed by atoms with van der Waals surface area (Å²) in [6.45, 7) is 3.49. The lowest BCUT2D eigenvalue weighted by atomic mass is 10.1. The van der Waals surface area contributed by atoms with Crippen molar-refractivity contribution in [3.8, 4) is 23.0 Å². The van der Waals surface area contributed by atoms with E-state index < -0.39 is 0 Å². The third-order valence-corrected chi connectivity index (χ3v) is 5.46. The number of ether oxygens (including phenoxy) is 3. The van der Waals surface area contributed by atoms with E-state index in [1.165, 1.54) is 0 Å². The minimum atomic E-state index is -0.233. The van der Waals surface area contributed by atoms with Gasteiger partial charge in [-0.05, 0) is 48.9 Å². The van der Waals surface area contributed by atoms with Crippen molar-refractivity contribution < 1.29 is 18.6 Å². The Bertz CT molecular complexity index is 1330. The Balaban J connectivity index is 1.52. The van der Waals surface area contributed by atoms with Gasteiger partial charge in [0.25, 0.3) is 0 Å². The molecule has 32 heavy (non-hydrogen) atoms. The smallest absolute Gasteiger partial charge is 0.235 e. The molecule has 2 aromatic heterocycles. The van der Waals surface area contributed by atoms with Gasteiger partial charge in [0.1, 0.15) is 23.8 Å². The Labute approximate surface area is 184 Å². The molecule has 0 atom stereocenters. The molecule has 0 saturated heterocycles. The summed E-state index contributed by atoms with van der Waals surface area (Å²) in [6, 6.07) is 14.7. The van der Waals surface area contributed by atoms with E-state index >= 15 is 0 Å². The number of hydrogen-bond donors (Lipinski definition) is 0. The van der Waals surface area contributed by atoms with Crippen LogP contribution >= 0.6 is 0 Å². The molecule has 7 heteroatoms. The predicted molar refractivity (Wildman–Crippen MR) is 119 cm³/mol. The third kappa shape index (κ3) is 3.67. The van der Waals surface area contributed by atoms with Gasteiger partial charge in [-0.3, -0.25) is 14.7 Å². The molecule has 5 rings (SSSR count). The molecule has 7 nitrogen and oxygen atoms in total. The van der Waals surface area contributed by atoms with Crippen molar-refractivity contribution in [2.45, 2.75) is 20.0 Å². The highest BCUT2D eigenvalue weighted by molar-refractivity contribution is 5.83. The van der Waals surface area contributed by atoms with E-state index in [0.717, 1.165) is 16.9 Å². The molecule has 1 aliphatic heterocycles. The van der Waals surface area contributed by atoms with Crippen LogP contribution in [0.5, 0.6) is 23.0 Å². The van der Waals surface area contributed by atoms with Gasteiger partial charge >= 0.3 is 0 Å². The summed E-state index contributed by atoms with van der Waals surface area (Å²) < 4.78 is 23.4. The van der Waals surface area contributed by atoms with E-state index in [2.05, 4.69) is 9.88 Å². The molecule has 0 radical (unpaired) electrons. The standard InChI is InChI=1S/C25H22N2O5/c1-16-24(32-22-6-4-3-5-21(22)29-2)23(28)18-7-8-20-19(25(18)31-16)14-27(15-30-20)13-17-9-11-26-12-10-17/h3-12H,13-15H2,1-2H3. The van der Waals surface area contributed by atoms with Gasteiger partial charge in [0.05, 0.1) is 18.1 Å². The zero-order valence-electron chi connectivity index (χ0n) is 17.8. The fourth-order valence-corrected chi connectivity index (χ4v) is 3.88. The third-order valence-electron chi connectivity index (χ3n) is 5.46. The summed E-state index contributed by atoms with van der Waals surface area (Å²) in [7, 11) is 1.56. The number of aromatic nitrogens is 1. The summed E-state index contributed by atoms with van der Waals surface area (Å²) in [5.41, 5.74) is 2.28. The number of hydrogen-bond acceptors (Lipinski definition) is 7. The van der Waals surface area contributed by atoms with Crippen molar-refractivity contribution in [1.82, 2.24) is 9.88 Å². The first-order valence-corrected chi connectivity index (χ1v) is 10.3. The van der Waals surface area contributed by atoms with Crippen molar-refractivity contribution in [3.05, 3.63) is 88.0 Å². The zero-order valence-corrected chi connectivity index (χ0v) is 17.8. The number of methoxy groups -OCH3 is 1. The number of nitrogens with zero attached hydrogens (tertiary/aromatic N) is 2. The molecule has 2 aromatic carbocycles. The van der Waals surface area contributed by atoms with Crippen LogP contribution in [0.1, 0.15) is 16.9 Å². The van der Waals surface area contributed by atoms with Crippen molar-refractivity contribution in [1.29, 1.82) is 0 Å². The minimum Gasteiger partial charge on any atom is -0.493 e. The summed E-state index contributed by atoms with van der Waals surface area (Å²) in [6.07, 6.45) is 3.55. The number of fused-ring (bicyclic) bond motifs is 3. The van der Waals surface area contributed by atoms with Gasteiger partial charge in [-0.1, -0.05) is 12.1 Å². The van der Waals surface area contributed by atoms with Gasteiger partial charge in [0, 0.05) is 25.5 Å². The second-order valence-electron chi connectivity index (χ2n) is 7.60. The van der Waals surface area contributed by atoms with Crippen LogP contribution in [0.3, 0.4) is 0 Å². The molecule has 1 aliphatic rings. The average Bonchev–Trinajstić information content (AvgIpc) is 2.82. The second-order valence-corrected chi connectivity index (χ2v) is 7.60. The van der Waals surface area contributed by atoms with Crippen molar-refractivity contribution >= 4 is 11.0 Å². The van der Waals surface area contributed by atoms with Crippen LogP contribution in [0.2, 0.25) is 0 Å². The maximum Gasteiger partial charge on any atom is 0.235 e. The molecular formula is C25H22N2O5. The van der Waals surface area contributed by atoms with Crippen LogP contribution in [-0.4, -0.2) is 23.7 Å². The lowest BCUT2D eigenvalue weighted by Gasteiger charge is -2.29. The van der Waals surface area contributed by atoms with E-state index in [1.807, 2.05) is 30.3 Å². The largest absolute Gasteiger partial charge is 0.493 e.